The number of benzene rings is 1. The fourth-order valence-electron chi connectivity index (χ4n) is 2.22. The Kier molecular flexibility index (Phi) is 4.56. The number of aromatic nitrogens is 1. The molecule has 0 saturated carbocycles. The lowest BCUT2D eigenvalue weighted by Crippen LogP contribution is -1.99. The van der Waals surface area contributed by atoms with Crippen LogP contribution >= 0.6 is 0 Å². The van der Waals surface area contributed by atoms with Gasteiger partial charge in [0, 0.05) is 11.4 Å². The monoisotopic (exact) mass is 255 g/mol. The molecule has 100 valence electrons. The van der Waals surface area contributed by atoms with Gasteiger partial charge in [-0.05, 0) is 55.5 Å². The normalized spacial score (nSPS) is 12.2. The zero-order chi connectivity index (χ0) is 13.7. The van der Waals surface area contributed by atoms with Crippen LogP contribution in [0.5, 0.6) is 5.75 Å². The molecule has 0 unspecified atom stereocenters. The van der Waals surface area contributed by atoms with E-state index in [0.717, 1.165) is 24.3 Å². The predicted molar refractivity (Wildman–Crippen MR) is 78.7 cm³/mol. The Morgan fingerprint density at radius 3 is 2.68 bits per heavy atom. The maximum absolute atomic E-state index is 5.27. The van der Waals surface area contributed by atoms with Crippen LogP contribution in [0.3, 0.4) is 0 Å². The maximum atomic E-state index is 5.27. The molecule has 0 saturated heterocycles. The first kappa shape index (κ1) is 13.6. The summed E-state index contributed by atoms with van der Waals surface area (Å²) in [5.74, 6) is 1.44. The van der Waals surface area contributed by atoms with Gasteiger partial charge in [-0.25, -0.2) is 0 Å². The minimum Gasteiger partial charge on any atom is -0.497 e. The zero-order valence-corrected chi connectivity index (χ0v) is 11.9. The van der Waals surface area contributed by atoms with E-state index in [1.165, 1.54) is 11.3 Å². The molecule has 0 spiro atoms. The highest BCUT2D eigenvalue weighted by molar-refractivity contribution is 5.30. The molecule has 0 aliphatic carbocycles. The summed E-state index contributed by atoms with van der Waals surface area (Å²) in [4.78, 5) is 4.55. The van der Waals surface area contributed by atoms with Gasteiger partial charge in [-0.1, -0.05) is 25.1 Å². The van der Waals surface area contributed by atoms with Crippen molar-refractivity contribution >= 4 is 0 Å². The molecule has 0 bridgehead atoms. The standard InChI is InChI=1S/C17H21NO/c1-13(15-7-5-9-17(12-15)19-3)10-11-16-8-4-6-14(2)18-16/h4-9,12-13H,10-11H2,1-3H3/t13-/m0/s1. The summed E-state index contributed by atoms with van der Waals surface area (Å²) in [5, 5.41) is 0. The fraction of sp³-hybridized carbons (Fsp3) is 0.353. The van der Waals surface area contributed by atoms with Crippen molar-refractivity contribution in [3.8, 4) is 5.75 Å². The Labute approximate surface area is 115 Å². The maximum Gasteiger partial charge on any atom is 0.119 e. The van der Waals surface area contributed by atoms with Gasteiger partial charge < -0.3 is 4.74 Å². The highest BCUT2D eigenvalue weighted by Gasteiger charge is 2.07. The van der Waals surface area contributed by atoms with Crippen molar-refractivity contribution in [2.75, 3.05) is 7.11 Å². The highest BCUT2D eigenvalue weighted by Crippen LogP contribution is 2.24. The quantitative estimate of drug-likeness (QED) is 0.801. The summed E-state index contributed by atoms with van der Waals surface area (Å²) >= 11 is 0. The molecule has 0 aliphatic rings. The van der Waals surface area contributed by atoms with Gasteiger partial charge in [0.1, 0.15) is 5.75 Å². The van der Waals surface area contributed by atoms with Gasteiger partial charge >= 0.3 is 0 Å². The Morgan fingerprint density at radius 1 is 1.16 bits per heavy atom. The van der Waals surface area contributed by atoms with Gasteiger partial charge in [0.05, 0.1) is 7.11 Å². The molecule has 1 aromatic heterocycles. The van der Waals surface area contributed by atoms with Gasteiger partial charge in [-0.3, -0.25) is 4.98 Å². The number of rotatable bonds is 5. The largest absolute Gasteiger partial charge is 0.497 e. The average molecular weight is 255 g/mol. The smallest absolute Gasteiger partial charge is 0.119 e. The first-order valence-electron chi connectivity index (χ1n) is 6.75. The van der Waals surface area contributed by atoms with Gasteiger partial charge in [0.15, 0.2) is 0 Å². The van der Waals surface area contributed by atoms with E-state index in [-0.39, 0.29) is 0 Å². The predicted octanol–water partition coefficient (Wildman–Crippen LogP) is 4.13. The number of aryl methyl sites for hydroxylation is 2. The Hall–Kier alpha value is -1.83. The molecular formula is C17H21NO. The second-order valence-electron chi connectivity index (χ2n) is 4.99. The van der Waals surface area contributed by atoms with Gasteiger partial charge in [-0.2, -0.15) is 0 Å². The van der Waals surface area contributed by atoms with Crippen molar-refractivity contribution in [1.29, 1.82) is 0 Å². The van der Waals surface area contributed by atoms with Crippen molar-refractivity contribution in [2.24, 2.45) is 0 Å². The number of ether oxygens (including phenoxy) is 1. The molecule has 0 radical (unpaired) electrons. The van der Waals surface area contributed by atoms with Gasteiger partial charge in [0.2, 0.25) is 0 Å². The van der Waals surface area contributed by atoms with Crippen molar-refractivity contribution in [2.45, 2.75) is 32.6 Å². The van der Waals surface area contributed by atoms with E-state index in [0.29, 0.717) is 5.92 Å². The third-order valence-corrected chi connectivity index (χ3v) is 3.44. The molecule has 1 aromatic carbocycles. The molecule has 2 heteroatoms. The van der Waals surface area contributed by atoms with E-state index in [2.05, 4.69) is 42.2 Å². The van der Waals surface area contributed by atoms with Crippen LogP contribution in [-0.2, 0) is 6.42 Å². The van der Waals surface area contributed by atoms with E-state index in [9.17, 15) is 0 Å². The van der Waals surface area contributed by atoms with E-state index in [1.807, 2.05) is 19.1 Å². The molecular weight excluding hydrogens is 234 g/mol. The number of methoxy groups -OCH3 is 1. The number of pyridine rings is 1. The van der Waals surface area contributed by atoms with Crippen LogP contribution in [0, 0.1) is 6.92 Å². The zero-order valence-electron chi connectivity index (χ0n) is 11.9. The number of hydrogen-bond acceptors (Lipinski definition) is 2. The molecule has 19 heavy (non-hydrogen) atoms. The molecule has 2 rings (SSSR count). The van der Waals surface area contributed by atoms with Crippen LogP contribution in [0.25, 0.3) is 0 Å². The van der Waals surface area contributed by atoms with E-state index in [1.54, 1.807) is 7.11 Å². The SMILES string of the molecule is COc1cccc([C@@H](C)CCc2cccc(C)n2)c1. The summed E-state index contributed by atoms with van der Waals surface area (Å²) in [5.41, 5.74) is 3.59. The van der Waals surface area contributed by atoms with Gasteiger partial charge in [-0.15, -0.1) is 0 Å². The lowest BCUT2D eigenvalue weighted by Gasteiger charge is -2.13. The summed E-state index contributed by atoms with van der Waals surface area (Å²) < 4.78 is 5.27. The molecule has 0 N–H and O–H groups in total. The van der Waals surface area contributed by atoms with Crippen molar-refractivity contribution in [1.82, 2.24) is 4.98 Å². The lowest BCUT2D eigenvalue weighted by molar-refractivity contribution is 0.413. The van der Waals surface area contributed by atoms with Crippen LogP contribution in [0.1, 0.15) is 36.2 Å². The average Bonchev–Trinajstić information content (AvgIpc) is 2.45. The Bertz CT molecular complexity index is 536. The number of hydrogen-bond donors (Lipinski definition) is 0. The van der Waals surface area contributed by atoms with Crippen LogP contribution in [-0.4, -0.2) is 12.1 Å². The molecule has 0 aliphatic heterocycles. The Balaban J connectivity index is 1.99. The highest BCUT2D eigenvalue weighted by atomic mass is 16.5. The third kappa shape index (κ3) is 3.82. The topological polar surface area (TPSA) is 22.1 Å². The minimum absolute atomic E-state index is 0.511. The Morgan fingerprint density at radius 2 is 1.95 bits per heavy atom. The van der Waals surface area contributed by atoms with Crippen LogP contribution < -0.4 is 4.74 Å². The summed E-state index contributed by atoms with van der Waals surface area (Å²) in [6.45, 7) is 4.29. The van der Waals surface area contributed by atoms with E-state index >= 15 is 0 Å². The van der Waals surface area contributed by atoms with Crippen LogP contribution in [0.15, 0.2) is 42.5 Å². The molecule has 2 aromatic rings. The van der Waals surface area contributed by atoms with Gasteiger partial charge in [0.25, 0.3) is 0 Å². The lowest BCUT2D eigenvalue weighted by atomic mass is 9.95. The third-order valence-electron chi connectivity index (χ3n) is 3.44. The number of nitrogens with zero attached hydrogens (tertiary/aromatic N) is 1. The molecule has 0 amide bonds. The second-order valence-corrected chi connectivity index (χ2v) is 4.99. The summed E-state index contributed by atoms with van der Waals surface area (Å²) in [6, 6.07) is 14.5. The van der Waals surface area contributed by atoms with E-state index in [4.69, 9.17) is 4.74 Å². The first-order valence-corrected chi connectivity index (χ1v) is 6.75. The summed E-state index contributed by atoms with van der Waals surface area (Å²) in [6.07, 6.45) is 2.11. The first-order chi connectivity index (χ1) is 9.19. The van der Waals surface area contributed by atoms with E-state index < -0.39 is 0 Å². The summed E-state index contributed by atoms with van der Waals surface area (Å²) in [7, 11) is 1.71. The molecule has 0 fully saturated rings. The van der Waals surface area contributed by atoms with Crippen molar-refractivity contribution < 1.29 is 4.74 Å². The van der Waals surface area contributed by atoms with Crippen molar-refractivity contribution in [3.63, 3.8) is 0 Å². The van der Waals surface area contributed by atoms with Crippen LogP contribution in [0.2, 0.25) is 0 Å². The van der Waals surface area contributed by atoms with Crippen LogP contribution in [0.4, 0.5) is 0 Å². The second kappa shape index (κ2) is 6.37. The molecule has 1 heterocycles. The molecule has 1 atom stereocenters. The van der Waals surface area contributed by atoms with Crippen molar-refractivity contribution in [3.05, 3.63) is 59.4 Å². The minimum atomic E-state index is 0.511. The fourth-order valence-corrected chi connectivity index (χ4v) is 2.22. The molecule has 2 nitrogen and oxygen atoms in total.